The smallest absolute Gasteiger partial charge is 0.269 e. The summed E-state index contributed by atoms with van der Waals surface area (Å²) in [4.78, 5) is 28.2. The number of carbonyl (C=O) groups is 1. The average Bonchev–Trinajstić information content (AvgIpc) is 3.05. The van der Waals surface area contributed by atoms with Gasteiger partial charge in [0.1, 0.15) is 5.75 Å². The summed E-state index contributed by atoms with van der Waals surface area (Å²) in [7, 11) is 3.62. The third-order valence-electron chi connectivity index (χ3n) is 6.36. The summed E-state index contributed by atoms with van der Waals surface area (Å²) in [5, 5.41) is 11.7. The van der Waals surface area contributed by atoms with Crippen LogP contribution in [0.15, 0.2) is 42.5 Å². The highest BCUT2D eigenvalue weighted by Gasteiger charge is 2.24. The highest BCUT2D eigenvalue weighted by Crippen LogP contribution is 2.29. The van der Waals surface area contributed by atoms with Gasteiger partial charge in [-0.1, -0.05) is 12.1 Å². The molecule has 1 aliphatic rings. The maximum Gasteiger partial charge on any atom is 0.269 e. The Hall–Kier alpha value is -3.23. The lowest BCUT2D eigenvalue weighted by Gasteiger charge is -2.34. The third-order valence-corrected chi connectivity index (χ3v) is 6.36. The van der Waals surface area contributed by atoms with Crippen molar-refractivity contribution in [3.8, 4) is 5.75 Å². The lowest BCUT2D eigenvalue weighted by atomic mass is 10.1. The molecule has 1 fully saturated rings. The molecule has 8 nitrogen and oxygen atoms in total. The first-order chi connectivity index (χ1) is 15.4. The molecule has 3 aromatic rings. The zero-order chi connectivity index (χ0) is 22.8. The first-order valence-corrected chi connectivity index (χ1v) is 10.7. The first kappa shape index (κ1) is 22.0. The molecule has 4 rings (SSSR count). The Bertz CT molecular complexity index is 1150. The molecule has 8 heteroatoms. The molecule has 1 aromatic heterocycles. The molecule has 2 heterocycles. The molecular formula is C24H28N4O4. The number of fused-ring (bicyclic) bond motifs is 1. The number of methoxy groups -OCH3 is 1. The number of ketones is 1. The van der Waals surface area contributed by atoms with E-state index in [0.717, 1.165) is 66.2 Å². The zero-order valence-corrected chi connectivity index (χ0v) is 18.7. The van der Waals surface area contributed by atoms with Crippen LogP contribution < -0.4 is 4.74 Å². The number of nitrogens with zero attached hydrogens (tertiary/aromatic N) is 4. The van der Waals surface area contributed by atoms with E-state index >= 15 is 0 Å². The van der Waals surface area contributed by atoms with E-state index in [-0.39, 0.29) is 16.4 Å². The molecule has 1 saturated heterocycles. The van der Waals surface area contributed by atoms with Crippen molar-refractivity contribution in [2.75, 3.05) is 39.8 Å². The second-order valence-corrected chi connectivity index (χ2v) is 8.30. The molecule has 0 atom stereocenters. The number of hydrogen-bond acceptors (Lipinski definition) is 6. The zero-order valence-electron chi connectivity index (χ0n) is 18.7. The van der Waals surface area contributed by atoms with Crippen LogP contribution in [-0.2, 0) is 13.6 Å². The predicted molar refractivity (Wildman–Crippen MR) is 123 cm³/mol. The maximum atomic E-state index is 13.3. The second-order valence-electron chi connectivity index (χ2n) is 8.30. The van der Waals surface area contributed by atoms with Gasteiger partial charge in [0, 0.05) is 74.1 Å². The lowest BCUT2D eigenvalue weighted by Crippen LogP contribution is -2.47. The highest BCUT2D eigenvalue weighted by atomic mass is 16.6. The number of benzene rings is 2. The standard InChI is InChI=1S/C24H28N4O4/c1-17-24(21-14-20(32-3)8-9-22(21)25(17)2)23(29)16-27-12-10-26(11-13-27)15-18-4-6-19(7-5-18)28(30)31/h4-9,14H,10-13,15-16H2,1-3H3. The summed E-state index contributed by atoms with van der Waals surface area (Å²) in [6.45, 7) is 6.46. The molecule has 1 aliphatic heterocycles. The summed E-state index contributed by atoms with van der Waals surface area (Å²) in [6.07, 6.45) is 0. The number of non-ortho nitro benzene ring substituents is 1. The maximum absolute atomic E-state index is 13.3. The second kappa shape index (κ2) is 9.10. The fourth-order valence-corrected chi connectivity index (χ4v) is 4.40. The van der Waals surface area contributed by atoms with Gasteiger partial charge in [0.2, 0.25) is 0 Å². The van der Waals surface area contributed by atoms with E-state index in [1.54, 1.807) is 19.2 Å². The van der Waals surface area contributed by atoms with Gasteiger partial charge in [-0.25, -0.2) is 0 Å². The van der Waals surface area contributed by atoms with E-state index in [0.29, 0.717) is 6.54 Å². The largest absolute Gasteiger partial charge is 0.497 e. The quantitative estimate of drug-likeness (QED) is 0.321. The van der Waals surface area contributed by atoms with Crippen LogP contribution in [-0.4, -0.2) is 64.9 Å². The van der Waals surface area contributed by atoms with E-state index < -0.39 is 0 Å². The van der Waals surface area contributed by atoms with Crippen molar-refractivity contribution < 1.29 is 14.5 Å². The average molecular weight is 437 g/mol. The number of aryl methyl sites for hydroxylation is 1. The molecule has 168 valence electrons. The minimum atomic E-state index is -0.382. The van der Waals surface area contributed by atoms with Gasteiger partial charge in [-0.2, -0.15) is 0 Å². The lowest BCUT2D eigenvalue weighted by molar-refractivity contribution is -0.384. The minimum Gasteiger partial charge on any atom is -0.497 e. The van der Waals surface area contributed by atoms with Crippen molar-refractivity contribution in [1.82, 2.24) is 14.4 Å². The van der Waals surface area contributed by atoms with Gasteiger partial charge >= 0.3 is 0 Å². The monoisotopic (exact) mass is 436 g/mol. The number of hydrogen-bond donors (Lipinski definition) is 0. The van der Waals surface area contributed by atoms with E-state index in [1.165, 1.54) is 0 Å². The highest BCUT2D eigenvalue weighted by molar-refractivity contribution is 6.10. The minimum absolute atomic E-state index is 0.110. The topological polar surface area (TPSA) is 80.8 Å². The number of ether oxygens (including phenoxy) is 1. The Kier molecular flexibility index (Phi) is 6.25. The van der Waals surface area contributed by atoms with Crippen molar-refractivity contribution in [3.63, 3.8) is 0 Å². The van der Waals surface area contributed by atoms with E-state index in [1.807, 2.05) is 44.3 Å². The fourth-order valence-electron chi connectivity index (χ4n) is 4.40. The Morgan fingerprint density at radius 3 is 2.34 bits per heavy atom. The number of aromatic nitrogens is 1. The number of rotatable bonds is 7. The Labute approximate surface area is 187 Å². The normalized spacial score (nSPS) is 15.2. The number of carbonyl (C=O) groups excluding carboxylic acids is 1. The van der Waals surface area contributed by atoms with Crippen molar-refractivity contribution in [2.24, 2.45) is 7.05 Å². The van der Waals surface area contributed by atoms with Crippen LogP contribution in [0.25, 0.3) is 10.9 Å². The third kappa shape index (κ3) is 4.37. The van der Waals surface area contributed by atoms with Gasteiger partial charge in [0.05, 0.1) is 18.6 Å². The Balaban J connectivity index is 1.39. The summed E-state index contributed by atoms with van der Waals surface area (Å²) >= 11 is 0. The molecular weight excluding hydrogens is 408 g/mol. The van der Waals surface area contributed by atoms with Gasteiger partial charge < -0.3 is 9.30 Å². The van der Waals surface area contributed by atoms with Crippen LogP contribution in [0.4, 0.5) is 5.69 Å². The van der Waals surface area contributed by atoms with Crippen LogP contribution in [0.3, 0.4) is 0 Å². The first-order valence-electron chi connectivity index (χ1n) is 10.7. The van der Waals surface area contributed by atoms with Gasteiger partial charge in [0.25, 0.3) is 5.69 Å². The number of nitro benzene ring substituents is 1. The summed E-state index contributed by atoms with van der Waals surface area (Å²) in [6, 6.07) is 12.6. The van der Waals surface area contributed by atoms with Crippen LogP contribution in [0, 0.1) is 17.0 Å². The number of nitro groups is 1. The Morgan fingerprint density at radius 2 is 1.72 bits per heavy atom. The van der Waals surface area contributed by atoms with Gasteiger partial charge in [-0.15, -0.1) is 0 Å². The summed E-state index contributed by atoms with van der Waals surface area (Å²) < 4.78 is 7.42. The summed E-state index contributed by atoms with van der Waals surface area (Å²) in [5.41, 5.74) is 3.93. The predicted octanol–water partition coefficient (Wildman–Crippen LogP) is 3.40. The van der Waals surface area contributed by atoms with E-state index in [9.17, 15) is 14.9 Å². The molecule has 0 radical (unpaired) electrons. The molecule has 2 aromatic carbocycles. The van der Waals surface area contributed by atoms with Crippen LogP contribution >= 0.6 is 0 Å². The fraction of sp³-hybridized carbons (Fsp3) is 0.375. The Morgan fingerprint density at radius 1 is 1.06 bits per heavy atom. The van der Waals surface area contributed by atoms with Gasteiger partial charge in [-0.05, 0) is 30.7 Å². The van der Waals surface area contributed by atoms with Crippen LogP contribution in [0.2, 0.25) is 0 Å². The molecule has 0 bridgehead atoms. The molecule has 0 N–H and O–H groups in total. The number of piperazine rings is 1. The van der Waals surface area contributed by atoms with E-state index in [2.05, 4.69) is 14.4 Å². The molecule has 0 saturated carbocycles. The molecule has 32 heavy (non-hydrogen) atoms. The van der Waals surface area contributed by atoms with Crippen LogP contribution in [0.5, 0.6) is 5.75 Å². The van der Waals surface area contributed by atoms with Crippen molar-refractivity contribution in [3.05, 3.63) is 69.4 Å². The summed E-state index contributed by atoms with van der Waals surface area (Å²) in [5.74, 6) is 0.877. The van der Waals surface area contributed by atoms with Crippen molar-refractivity contribution >= 4 is 22.4 Å². The molecule has 0 aliphatic carbocycles. The van der Waals surface area contributed by atoms with Gasteiger partial charge in [-0.3, -0.25) is 24.7 Å². The molecule has 0 spiro atoms. The molecule has 0 unspecified atom stereocenters. The number of Topliss-reactive ketones (excluding diaryl/α,β-unsaturated/α-hetero) is 1. The van der Waals surface area contributed by atoms with E-state index in [4.69, 9.17) is 4.74 Å². The van der Waals surface area contributed by atoms with Crippen molar-refractivity contribution in [1.29, 1.82) is 0 Å². The van der Waals surface area contributed by atoms with Gasteiger partial charge in [0.15, 0.2) is 5.78 Å². The SMILES string of the molecule is COc1ccc2c(c1)c(C(=O)CN1CCN(Cc3ccc([N+](=O)[O-])cc3)CC1)c(C)n2C. The van der Waals surface area contributed by atoms with Crippen LogP contribution in [0.1, 0.15) is 21.6 Å². The van der Waals surface area contributed by atoms with Crippen molar-refractivity contribution in [2.45, 2.75) is 13.5 Å². The molecule has 0 amide bonds.